The third-order valence-electron chi connectivity index (χ3n) is 5.80. The van der Waals surface area contributed by atoms with E-state index in [1.807, 2.05) is 58.0 Å². The monoisotopic (exact) mass is 494 g/mol. The molecule has 3 N–H and O–H groups in total. The van der Waals surface area contributed by atoms with Crippen molar-refractivity contribution in [3.63, 3.8) is 0 Å². The number of morpholine rings is 1. The Balaban J connectivity index is 1.56. The molecule has 3 heterocycles. The molecular formula is C26H34N6O4. The second-order valence-corrected chi connectivity index (χ2v) is 9.68. The molecule has 1 saturated heterocycles. The molecule has 0 spiro atoms. The van der Waals surface area contributed by atoms with E-state index in [0.717, 1.165) is 35.6 Å². The molecule has 10 heteroatoms. The van der Waals surface area contributed by atoms with Crippen molar-refractivity contribution in [3.05, 3.63) is 48.3 Å². The molecule has 0 aliphatic carbocycles. The number of aromatic nitrogens is 3. The summed E-state index contributed by atoms with van der Waals surface area (Å²) in [5.74, 6) is 1.23. The maximum atomic E-state index is 12.7. The first-order chi connectivity index (χ1) is 17.2. The fourth-order valence-corrected chi connectivity index (χ4v) is 3.88. The average molecular weight is 495 g/mol. The summed E-state index contributed by atoms with van der Waals surface area (Å²) in [4.78, 5) is 19.5. The Bertz CT molecular complexity index is 1200. The molecule has 3 aromatic rings. The number of carbonyl (C=O) groups excluding carboxylic acids is 1. The number of rotatable bonds is 7. The van der Waals surface area contributed by atoms with Crippen LogP contribution in [0.25, 0.3) is 11.1 Å². The van der Waals surface area contributed by atoms with Gasteiger partial charge in [-0.05, 0) is 62.6 Å². The van der Waals surface area contributed by atoms with Crippen LogP contribution in [0.2, 0.25) is 0 Å². The highest BCUT2D eigenvalue weighted by Gasteiger charge is 2.17. The van der Waals surface area contributed by atoms with Crippen molar-refractivity contribution in [2.75, 3.05) is 55.1 Å². The quantitative estimate of drug-likeness (QED) is 0.457. The van der Waals surface area contributed by atoms with Gasteiger partial charge in [0.25, 0.3) is 0 Å². The predicted molar refractivity (Wildman–Crippen MR) is 140 cm³/mol. The van der Waals surface area contributed by atoms with E-state index in [1.54, 1.807) is 17.1 Å². The van der Waals surface area contributed by atoms with E-state index in [0.29, 0.717) is 30.5 Å². The summed E-state index contributed by atoms with van der Waals surface area (Å²) in [6.45, 7) is 11.0. The lowest BCUT2D eigenvalue weighted by atomic mass is 10.0. The number of ether oxygens (including phenoxy) is 2. The summed E-state index contributed by atoms with van der Waals surface area (Å²) >= 11 is 0. The zero-order valence-corrected chi connectivity index (χ0v) is 21.2. The Morgan fingerprint density at radius 2 is 1.89 bits per heavy atom. The molecule has 0 radical (unpaired) electrons. The molecule has 1 aliphatic heterocycles. The Kier molecular flexibility index (Phi) is 7.76. The van der Waals surface area contributed by atoms with Crippen LogP contribution in [0.5, 0.6) is 5.88 Å². The van der Waals surface area contributed by atoms with Gasteiger partial charge in [-0.2, -0.15) is 10.1 Å². The van der Waals surface area contributed by atoms with Gasteiger partial charge in [-0.15, -0.1) is 0 Å². The first kappa shape index (κ1) is 25.5. The fraction of sp³-hybridized carbons (Fsp3) is 0.423. The number of urea groups is 1. The topological polar surface area (TPSA) is 114 Å². The van der Waals surface area contributed by atoms with Crippen molar-refractivity contribution in [3.8, 4) is 17.0 Å². The van der Waals surface area contributed by atoms with E-state index in [1.165, 1.54) is 0 Å². The van der Waals surface area contributed by atoms with Crippen molar-refractivity contribution in [1.29, 1.82) is 0 Å². The molecule has 36 heavy (non-hydrogen) atoms. The SMILES string of the molecule is Cc1ccc(NC(=O)Nc2cnn(C(C)(C)C)c2)cc1-c1cc(OCCO)nc(N2CCOCC2)c1. The van der Waals surface area contributed by atoms with Gasteiger partial charge in [0.05, 0.1) is 37.2 Å². The zero-order chi connectivity index (χ0) is 25.7. The van der Waals surface area contributed by atoms with E-state index in [9.17, 15) is 9.90 Å². The first-order valence-corrected chi connectivity index (χ1v) is 12.1. The molecule has 0 atom stereocenters. The van der Waals surface area contributed by atoms with Gasteiger partial charge in [0.1, 0.15) is 12.4 Å². The summed E-state index contributed by atoms with van der Waals surface area (Å²) in [5, 5.41) is 19.3. The van der Waals surface area contributed by atoms with Crippen LogP contribution in [0.4, 0.5) is 22.0 Å². The molecule has 2 aromatic heterocycles. The average Bonchev–Trinajstić information content (AvgIpc) is 3.33. The molecule has 0 saturated carbocycles. The summed E-state index contributed by atoms with van der Waals surface area (Å²) in [6.07, 6.45) is 3.43. The van der Waals surface area contributed by atoms with Crippen LogP contribution in [0.3, 0.4) is 0 Å². The lowest BCUT2D eigenvalue weighted by molar-refractivity contribution is 0.122. The Labute approximate surface area is 211 Å². The standard InChI is InChI=1S/C26H34N6O4/c1-18-5-6-20(28-25(34)29-21-16-27-32(17-21)26(2,3)4)15-22(18)19-13-23(31-7-10-35-11-8-31)30-24(14-19)36-12-9-33/h5-6,13-17,33H,7-12H2,1-4H3,(H2,28,29,34). The number of hydrogen-bond acceptors (Lipinski definition) is 7. The van der Waals surface area contributed by atoms with Crippen molar-refractivity contribution in [1.82, 2.24) is 14.8 Å². The van der Waals surface area contributed by atoms with Gasteiger partial charge in [-0.1, -0.05) is 6.07 Å². The van der Waals surface area contributed by atoms with Gasteiger partial charge >= 0.3 is 6.03 Å². The van der Waals surface area contributed by atoms with Crippen LogP contribution in [0.1, 0.15) is 26.3 Å². The minimum absolute atomic E-state index is 0.0962. The maximum absolute atomic E-state index is 12.7. The highest BCUT2D eigenvalue weighted by molar-refractivity contribution is 6.00. The van der Waals surface area contributed by atoms with E-state index < -0.39 is 0 Å². The Hall–Kier alpha value is -3.63. The summed E-state index contributed by atoms with van der Waals surface area (Å²) < 4.78 is 13.0. The van der Waals surface area contributed by atoms with Gasteiger partial charge < -0.3 is 30.1 Å². The van der Waals surface area contributed by atoms with Crippen LogP contribution in [0.15, 0.2) is 42.7 Å². The molecule has 1 fully saturated rings. The minimum atomic E-state index is -0.353. The third-order valence-corrected chi connectivity index (χ3v) is 5.80. The lowest BCUT2D eigenvalue weighted by Crippen LogP contribution is -2.36. The molecule has 4 rings (SSSR count). The van der Waals surface area contributed by atoms with Crippen LogP contribution < -0.4 is 20.3 Å². The van der Waals surface area contributed by atoms with Gasteiger partial charge in [-0.25, -0.2) is 4.79 Å². The highest BCUT2D eigenvalue weighted by atomic mass is 16.5. The Morgan fingerprint density at radius 3 is 2.58 bits per heavy atom. The summed E-state index contributed by atoms with van der Waals surface area (Å²) in [7, 11) is 0. The molecule has 0 unspecified atom stereocenters. The number of hydrogen-bond donors (Lipinski definition) is 3. The third kappa shape index (κ3) is 6.32. The van der Waals surface area contributed by atoms with Crippen LogP contribution in [-0.2, 0) is 10.3 Å². The number of aliphatic hydroxyl groups is 1. The fourth-order valence-electron chi connectivity index (χ4n) is 3.88. The number of aliphatic hydroxyl groups excluding tert-OH is 1. The van der Waals surface area contributed by atoms with Crippen molar-refractivity contribution < 1.29 is 19.4 Å². The second kappa shape index (κ2) is 11.0. The van der Waals surface area contributed by atoms with E-state index in [4.69, 9.17) is 9.47 Å². The van der Waals surface area contributed by atoms with Gasteiger partial charge in [0, 0.05) is 31.0 Å². The van der Waals surface area contributed by atoms with Crippen LogP contribution in [0, 0.1) is 6.92 Å². The number of pyridine rings is 1. The number of benzene rings is 1. The summed E-state index contributed by atoms with van der Waals surface area (Å²) in [6, 6.07) is 9.28. The molecule has 10 nitrogen and oxygen atoms in total. The number of nitrogens with zero attached hydrogens (tertiary/aromatic N) is 4. The maximum Gasteiger partial charge on any atom is 0.323 e. The normalized spacial score (nSPS) is 14.0. The molecular weight excluding hydrogens is 460 g/mol. The lowest BCUT2D eigenvalue weighted by Gasteiger charge is -2.28. The minimum Gasteiger partial charge on any atom is -0.475 e. The largest absolute Gasteiger partial charge is 0.475 e. The number of carbonyl (C=O) groups is 1. The number of nitrogens with one attached hydrogen (secondary N) is 2. The molecule has 1 aromatic carbocycles. The molecule has 192 valence electrons. The zero-order valence-electron chi connectivity index (χ0n) is 21.2. The van der Waals surface area contributed by atoms with E-state index in [-0.39, 0.29) is 24.8 Å². The Morgan fingerprint density at radius 1 is 1.14 bits per heavy atom. The molecule has 1 aliphatic rings. The number of anilines is 3. The van der Waals surface area contributed by atoms with Gasteiger partial charge in [-0.3, -0.25) is 4.68 Å². The predicted octanol–water partition coefficient (Wildman–Crippen LogP) is 3.86. The van der Waals surface area contributed by atoms with Crippen molar-refractivity contribution >= 4 is 23.2 Å². The molecule has 2 amide bonds. The van der Waals surface area contributed by atoms with Gasteiger partial charge in [0.15, 0.2) is 0 Å². The van der Waals surface area contributed by atoms with Crippen LogP contribution >= 0.6 is 0 Å². The van der Waals surface area contributed by atoms with Crippen molar-refractivity contribution in [2.24, 2.45) is 0 Å². The highest BCUT2D eigenvalue weighted by Crippen LogP contribution is 2.32. The number of amides is 2. The van der Waals surface area contributed by atoms with Gasteiger partial charge in [0.2, 0.25) is 5.88 Å². The van der Waals surface area contributed by atoms with E-state index in [2.05, 4.69) is 25.6 Å². The summed E-state index contributed by atoms with van der Waals surface area (Å²) in [5.41, 5.74) is 3.99. The van der Waals surface area contributed by atoms with Crippen LogP contribution in [-0.4, -0.2) is 65.4 Å². The molecule has 0 bridgehead atoms. The smallest absolute Gasteiger partial charge is 0.323 e. The second-order valence-electron chi connectivity index (χ2n) is 9.68. The van der Waals surface area contributed by atoms with E-state index >= 15 is 0 Å². The van der Waals surface area contributed by atoms with Crippen molar-refractivity contribution in [2.45, 2.75) is 33.2 Å². The number of aryl methyl sites for hydroxylation is 1. The first-order valence-electron chi connectivity index (χ1n) is 12.1.